The normalized spacial score (nSPS) is 24.5. The van der Waals surface area contributed by atoms with Crippen molar-refractivity contribution in [1.82, 2.24) is 0 Å². The molecule has 1 saturated heterocycles. The van der Waals surface area contributed by atoms with E-state index >= 15 is 0 Å². The summed E-state index contributed by atoms with van der Waals surface area (Å²) in [5.74, 6) is 0. The SMILES string of the molecule is C=CCCCCCCO[C@H]1CCCO[C@@H]1C=C. The molecule has 1 aliphatic heterocycles. The molecule has 1 fully saturated rings. The van der Waals surface area contributed by atoms with Crippen molar-refractivity contribution in [2.75, 3.05) is 13.2 Å². The molecule has 0 unspecified atom stereocenters. The van der Waals surface area contributed by atoms with Crippen LogP contribution in [-0.4, -0.2) is 25.4 Å². The van der Waals surface area contributed by atoms with E-state index in [0.29, 0.717) is 0 Å². The van der Waals surface area contributed by atoms with Gasteiger partial charge in [0.15, 0.2) is 0 Å². The summed E-state index contributed by atoms with van der Waals surface area (Å²) in [6.07, 6.45) is 12.5. The maximum atomic E-state index is 5.88. The Balaban J connectivity index is 2.00. The van der Waals surface area contributed by atoms with Gasteiger partial charge in [-0.25, -0.2) is 0 Å². The number of hydrogen-bond donors (Lipinski definition) is 0. The Morgan fingerprint density at radius 2 is 2.00 bits per heavy atom. The Hall–Kier alpha value is -0.600. The molecule has 17 heavy (non-hydrogen) atoms. The Morgan fingerprint density at radius 1 is 1.18 bits per heavy atom. The molecule has 98 valence electrons. The quantitative estimate of drug-likeness (QED) is 0.448. The average molecular weight is 238 g/mol. The van der Waals surface area contributed by atoms with Crippen LogP contribution in [0.15, 0.2) is 25.3 Å². The van der Waals surface area contributed by atoms with Gasteiger partial charge in [0.05, 0.1) is 6.10 Å². The van der Waals surface area contributed by atoms with Crippen LogP contribution in [0.4, 0.5) is 0 Å². The lowest BCUT2D eigenvalue weighted by Crippen LogP contribution is -2.34. The van der Waals surface area contributed by atoms with Gasteiger partial charge in [0.1, 0.15) is 6.10 Å². The van der Waals surface area contributed by atoms with Gasteiger partial charge in [-0.15, -0.1) is 13.2 Å². The standard InChI is InChI=1S/C15H26O2/c1-3-5-6-7-8-9-12-17-15-11-10-13-16-14(15)4-2/h3-4,14-15H,1-2,5-13H2/t14-,15+/m1/s1. The second-order valence-electron chi connectivity index (χ2n) is 4.61. The molecule has 2 heteroatoms. The molecule has 2 nitrogen and oxygen atoms in total. The monoisotopic (exact) mass is 238 g/mol. The van der Waals surface area contributed by atoms with E-state index in [9.17, 15) is 0 Å². The van der Waals surface area contributed by atoms with E-state index in [2.05, 4.69) is 13.2 Å². The predicted octanol–water partition coefficient (Wildman–Crippen LogP) is 3.87. The van der Waals surface area contributed by atoms with Gasteiger partial charge in [0.25, 0.3) is 0 Å². The summed E-state index contributed by atoms with van der Waals surface area (Å²) in [6, 6.07) is 0. The van der Waals surface area contributed by atoms with Crippen LogP contribution in [0.5, 0.6) is 0 Å². The van der Waals surface area contributed by atoms with Gasteiger partial charge < -0.3 is 9.47 Å². The van der Waals surface area contributed by atoms with E-state index in [4.69, 9.17) is 9.47 Å². The summed E-state index contributed by atoms with van der Waals surface area (Å²) in [5, 5.41) is 0. The van der Waals surface area contributed by atoms with E-state index in [1.807, 2.05) is 12.2 Å². The van der Waals surface area contributed by atoms with E-state index < -0.39 is 0 Å². The fourth-order valence-electron chi connectivity index (χ4n) is 2.15. The van der Waals surface area contributed by atoms with Gasteiger partial charge >= 0.3 is 0 Å². The minimum Gasteiger partial charge on any atom is -0.375 e. The van der Waals surface area contributed by atoms with Crippen molar-refractivity contribution >= 4 is 0 Å². The van der Waals surface area contributed by atoms with E-state index in [0.717, 1.165) is 38.9 Å². The minimum absolute atomic E-state index is 0.101. The fraction of sp³-hybridized carbons (Fsp3) is 0.733. The summed E-state index contributed by atoms with van der Waals surface area (Å²) < 4.78 is 11.5. The Bertz CT molecular complexity index is 213. The molecule has 0 amide bonds. The Kier molecular flexibility index (Phi) is 8.02. The van der Waals surface area contributed by atoms with Crippen molar-refractivity contribution in [3.05, 3.63) is 25.3 Å². The molecule has 0 aromatic heterocycles. The molecule has 0 N–H and O–H groups in total. The average Bonchev–Trinajstić information content (AvgIpc) is 2.38. The molecule has 1 rings (SSSR count). The van der Waals surface area contributed by atoms with Crippen LogP contribution in [0.25, 0.3) is 0 Å². The molecule has 0 aromatic carbocycles. The van der Waals surface area contributed by atoms with Gasteiger partial charge in [-0.3, -0.25) is 0 Å². The summed E-state index contributed by atoms with van der Waals surface area (Å²) in [6.45, 7) is 9.22. The minimum atomic E-state index is 0.101. The Morgan fingerprint density at radius 3 is 2.76 bits per heavy atom. The first-order valence-corrected chi connectivity index (χ1v) is 6.85. The van der Waals surface area contributed by atoms with Gasteiger partial charge in [0.2, 0.25) is 0 Å². The predicted molar refractivity (Wildman–Crippen MR) is 72.2 cm³/mol. The first-order valence-electron chi connectivity index (χ1n) is 6.85. The van der Waals surface area contributed by atoms with Crippen LogP contribution in [0.3, 0.4) is 0 Å². The highest BCUT2D eigenvalue weighted by atomic mass is 16.5. The number of ether oxygens (including phenoxy) is 2. The number of allylic oxidation sites excluding steroid dienone is 1. The molecule has 0 radical (unpaired) electrons. The topological polar surface area (TPSA) is 18.5 Å². The molecule has 0 spiro atoms. The Labute approximate surface area is 106 Å². The number of unbranched alkanes of at least 4 members (excludes halogenated alkanes) is 4. The van der Waals surface area contributed by atoms with Crippen molar-refractivity contribution in [2.45, 2.75) is 57.2 Å². The van der Waals surface area contributed by atoms with Crippen LogP contribution in [0.2, 0.25) is 0 Å². The van der Waals surface area contributed by atoms with Gasteiger partial charge in [-0.05, 0) is 32.1 Å². The maximum Gasteiger partial charge on any atom is 0.101 e. The second-order valence-corrected chi connectivity index (χ2v) is 4.61. The summed E-state index contributed by atoms with van der Waals surface area (Å²) >= 11 is 0. The molecular weight excluding hydrogens is 212 g/mol. The smallest absolute Gasteiger partial charge is 0.101 e. The van der Waals surface area contributed by atoms with Gasteiger partial charge in [0, 0.05) is 13.2 Å². The van der Waals surface area contributed by atoms with Crippen LogP contribution in [-0.2, 0) is 9.47 Å². The van der Waals surface area contributed by atoms with Crippen molar-refractivity contribution in [3.8, 4) is 0 Å². The lowest BCUT2D eigenvalue weighted by Gasteiger charge is -2.29. The molecule has 1 heterocycles. The summed E-state index contributed by atoms with van der Waals surface area (Å²) in [5.41, 5.74) is 0. The van der Waals surface area contributed by atoms with Gasteiger partial charge in [-0.1, -0.05) is 25.0 Å². The van der Waals surface area contributed by atoms with Gasteiger partial charge in [-0.2, -0.15) is 0 Å². The molecular formula is C15H26O2. The lowest BCUT2D eigenvalue weighted by atomic mass is 10.1. The van der Waals surface area contributed by atoms with Crippen molar-refractivity contribution in [2.24, 2.45) is 0 Å². The zero-order valence-corrected chi connectivity index (χ0v) is 10.9. The molecule has 0 saturated carbocycles. The highest BCUT2D eigenvalue weighted by molar-refractivity contribution is 4.89. The first-order chi connectivity index (χ1) is 8.38. The summed E-state index contributed by atoms with van der Waals surface area (Å²) in [7, 11) is 0. The highest BCUT2D eigenvalue weighted by Gasteiger charge is 2.23. The third-order valence-corrected chi connectivity index (χ3v) is 3.18. The second kappa shape index (κ2) is 9.43. The third kappa shape index (κ3) is 6.04. The van der Waals surface area contributed by atoms with E-state index in [1.54, 1.807) is 0 Å². The third-order valence-electron chi connectivity index (χ3n) is 3.18. The molecule has 2 atom stereocenters. The summed E-state index contributed by atoms with van der Waals surface area (Å²) in [4.78, 5) is 0. The largest absolute Gasteiger partial charge is 0.375 e. The van der Waals surface area contributed by atoms with Crippen molar-refractivity contribution < 1.29 is 9.47 Å². The molecule has 0 aliphatic carbocycles. The van der Waals surface area contributed by atoms with Crippen LogP contribution in [0, 0.1) is 0 Å². The van der Waals surface area contributed by atoms with Crippen LogP contribution in [0.1, 0.15) is 44.9 Å². The fourth-order valence-corrected chi connectivity index (χ4v) is 2.15. The van der Waals surface area contributed by atoms with Crippen LogP contribution >= 0.6 is 0 Å². The molecule has 0 bridgehead atoms. The number of rotatable bonds is 9. The zero-order valence-electron chi connectivity index (χ0n) is 10.9. The van der Waals surface area contributed by atoms with E-state index in [-0.39, 0.29) is 12.2 Å². The maximum absolute atomic E-state index is 5.88. The van der Waals surface area contributed by atoms with Crippen molar-refractivity contribution in [1.29, 1.82) is 0 Å². The van der Waals surface area contributed by atoms with Crippen LogP contribution < -0.4 is 0 Å². The molecule has 1 aliphatic rings. The van der Waals surface area contributed by atoms with E-state index in [1.165, 1.54) is 19.3 Å². The lowest BCUT2D eigenvalue weighted by molar-refractivity contribution is -0.0850. The zero-order chi connectivity index (χ0) is 12.3. The molecule has 0 aromatic rings. The first kappa shape index (κ1) is 14.5. The van der Waals surface area contributed by atoms with Crippen molar-refractivity contribution in [3.63, 3.8) is 0 Å². The highest BCUT2D eigenvalue weighted by Crippen LogP contribution is 2.18. The number of hydrogen-bond acceptors (Lipinski definition) is 2.